The SMILES string of the molecule is O=[N+]([O-])c1cc(C(F)(F)F)ccc1N/N=C\c1ccc(N2CCCCCC2)o1. The summed E-state index contributed by atoms with van der Waals surface area (Å²) in [5.74, 6) is 1.16. The van der Waals surface area contributed by atoms with Gasteiger partial charge in [0.1, 0.15) is 11.4 Å². The van der Waals surface area contributed by atoms with Crippen LogP contribution in [0.3, 0.4) is 0 Å². The van der Waals surface area contributed by atoms with Crippen LogP contribution < -0.4 is 10.3 Å². The molecule has 28 heavy (non-hydrogen) atoms. The Morgan fingerprint density at radius 3 is 2.50 bits per heavy atom. The largest absolute Gasteiger partial charge is 0.440 e. The van der Waals surface area contributed by atoms with E-state index in [0.717, 1.165) is 43.9 Å². The Kier molecular flexibility index (Phi) is 5.86. The predicted molar refractivity (Wildman–Crippen MR) is 98.7 cm³/mol. The highest BCUT2D eigenvalue weighted by molar-refractivity contribution is 5.78. The van der Waals surface area contributed by atoms with E-state index in [4.69, 9.17) is 4.42 Å². The molecule has 0 saturated carbocycles. The van der Waals surface area contributed by atoms with Gasteiger partial charge in [-0.2, -0.15) is 18.3 Å². The Bertz CT molecular complexity index is 856. The molecular formula is C18H19F3N4O3. The molecule has 0 amide bonds. The third-order valence-electron chi connectivity index (χ3n) is 4.43. The van der Waals surface area contributed by atoms with Crippen LogP contribution in [0.4, 0.5) is 30.4 Å². The van der Waals surface area contributed by atoms with Gasteiger partial charge >= 0.3 is 6.18 Å². The number of benzene rings is 1. The molecule has 1 N–H and O–H groups in total. The van der Waals surface area contributed by atoms with E-state index >= 15 is 0 Å². The number of nitro benzene ring substituents is 1. The summed E-state index contributed by atoms with van der Waals surface area (Å²) in [6.45, 7) is 1.83. The van der Waals surface area contributed by atoms with Crippen LogP contribution >= 0.6 is 0 Å². The minimum Gasteiger partial charge on any atom is -0.440 e. The van der Waals surface area contributed by atoms with Crippen molar-refractivity contribution in [3.05, 3.63) is 51.8 Å². The molecule has 7 nitrogen and oxygen atoms in total. The quantitative estimate of drug-likeness (QED) is 0.435. The molecule has 1 saturated heterocycles. The van der Waals surface area contributed by atoms with Gasteiger partial charge in [0.15, 0.2) is 5.88 Å². The van der Waals surface area contributed by atoms with E-state index in [9.17, 15) is 23.3 Å². The van der Waals surface area contributed by atoms with Crippen molar-refractivity contribution in [2.24, 2.45) is 5.10 Å². The average Bonchev–Trinajstić information content (AvgIpc) is 2.94. The average molecular weight is 396 g/mol. The second kappa shape index (κ2) is 8.32. The molecule has 1 aliphatic heterocycles. The highest BCUT2D eigenvalue weighted by Gasteiger charge is 2.33. The summed E-state index contributed by atoms with van der Waals surface area (Å²) < 4.78 is 43.9. The molecule has 0 atom stereocenters. The first-order valence-corrected chi connectivity index (χ1v) is 8.84. The highest BCUT2D eigenvalue weighted by Crippen LogP contribution is 2.35. The smallest absolute Gasteiger partial charge is 0.416 e. The van der Waals surface area contributed by atoms with Crippen LogP contribution in [0.15, 0.2) is 39.9 Å². The minimum absolute atomic E-state index is 0.145. The van der Waals surface area contributed by atoms with E-state index in [0.29, 0.717) is 11.8 Å². The Morgan fingerprint density at radius 2 is 1.86 bits per heavy atom. The van der Waals surface area contributed by atoms with Crippen molar-refractivity contribution in [3.63, 3.8) is 0 Å². The Morgan fingerprint density at radius 1 is 1.14 bits per heavy atom. The molecule has 10 heteroatoms. The third-order valence-corrected chi connectivity index (χ3v) is 4.43. The summed E-state index contributed by atoms with van der Waals surface area (Å²) in [7, 11) is 0. The molecule has 1 aliphatic rings. The fourth-order valence-corrected chi connectivity index (χ4v) is 2.99. The van der Waals surface area contributed by atoms with Crippen molar-refractivity contribution in [3.8, 4) is 0 Å². The lowest BCUT2D eigenvalue weighted by atomic mass is 10.1. The van der Waals surface area contributed by atoms with Crippen LogP contribution in [0.5, 0.6) is 0 Å². The lowest BCUT2D eigenvalue weighted by molar-refractivity contribution is -0.384. The first-order chi connectivity index (χ1) is 13.3. The van der Waals surface area contributed by atoms with E-state index in [1.807, 2.05) is 6.07 Å². The van der Waals surface area contributed by atoms with Crippen molar-refractivity contribution in [2.45, 2.75) is 31.9 Å². The van der Waals surface area contributed by atoms with Gasteiger partial charge in [-0.25, -0.2) is 0 Å². The van der Waals surface area contributed by atoms with Crippen molar-refractivity contribution >= 4 is 23.5 Å². The van der Waals surface area contributed by atoms with Gasteiger partial charge in [-0.1, -0.05) is 12.8 Å². The molecule has 0 radical (unpaired) electrons. The number of nitrogens with zero attached hydrogens (tertiary/aromatic N) is 3. The van der Waals surface area contributed by atoms with Crippen molar-refractivity contribution in [2.75, 3.05) is 23.4 Å². The van der Waals surface area contributed by atoms with Crippen molar-refractivity contribution in [1.29, 1.82) is 0 Å². The maximum Gasteiger partial charge on any atom is 0.416 e. The molecule has 0 aliphatic carbocycles. The van der Waals surface area contributed by atoms with Crippen LogP contribution in [0.25, 0.3) is 0 Å². The van der Waals surface area contributed by atoms with Gasteiger partial charge in [-0.3, -0.25) is 15.5 Å². The number of halogens is 3. The number of hydrogen-bond acceptors (Lipinski definition) is 6. The predicted octanol–water partition coefficient (Wildman–Crippen LogP) is 5.03. The lowest BCUT2D eigenvalue weighted by Crippen LogP contribution is -2.23. The molecular weight excluding hydrogens is 377 g/mol. The first-order valence-electron chi connectivity index (χ1n) is 8.84. The molecule has 3 rings (SSSR count). The molecule has 2 heterocycles. The van der Waals surface area contributed by atoms with E-state index < -0.39 is 22.4 Å². The topological polar surface area (TPSA) is 83.9 Å². The van der Waals surface area contributed by atoms with Crippen LogP contribution in [-0.4, -0.2) is 24.2 Å². The zero-order valence-electron chi connectivity index (χ0n) is 14.9. The number of nitro groups is 1. The second-order valence-electron chi connectivity index (χ2n) is 6.43. The summed E-state index contributed by atoms with van der Waals surface area (Å²) in [4.78, 5) is 12.3. The summed E-state index contributed by atoms with van der Waals surface area (Å²) in [5, 5.41) is 14.9. The number of hydrazone groups is 1. The lowest BCUT2D eigenvalue weighted by Gasteiger charge is -2.18. The maximum absolute atomic E-state index is 12.7. The Hall–Kier alpha value is -3.04. The molecule has 0 bridgehead atoms. The summed E-state index contributed by atoms with van der Waals surface area (Å²) >= 11 is 0. The van der Waals surface area contributed by atoms with Crippen LogP contribution in [0.1, 0.15) is 37.0 Å². The van der Waals surface area contributed by atoms with Crippen LogP contribution in [-0.2, 0) is 6.18 Å². The molecule has 1 fully saturated rings. The fraction of sp³-hybridized carbons (Fsp3) is 0.389. The number of furan rings is 1. The zero-order valence-corrected chi connectivity index (χ0v) is 14.9. The first kappa shape index (κ1) is 19.7. The number of hydrogen-bond donors (Lipinski definition) is 1. The van der Waals surface area contributed by atoms with E-state index in [1.54, 1.807) is 6.07 Å². The van der Waals surface area contributed by atoms with Crippen molar-refractivity contribution in [1.82, 2.24) is 0 Å². The monoisotopic (exact) mass is 396 g/mol. The summed E-state index contributed by atoms with van der Waals surface area (Å²) in [6, 6.07) is 5.75. The third kappa shape index (κ3) is 4.81. The summed E-state index contributed by atoms with van der Waals surface area (Å²) in [6.07, 6.45) is 1.25. The number of alkyl halides is 3. The van der Waals surface area contributed by atoms with Gasteiger partial charge in [0.25, 0.3) is 5.69 Å². The standard InChI is InChI=1S/C18H19F3N4O3/c19-18(20,21)13-5-7-15(16(11-13)25(26)27)23-22-12-14-6-8-17(28-14)24-9-3-1-2-4-10-24/h5-8,11-12,23H,1-4,9-10H2/b22-12-. The molecule has 1 aromatic heterocycles. The normalized spacial score (nSPS) is 15.6. The van der Waals surface area contributed by atoms with E-state index in [1.165, 1.54) is 19.1 Å². The van der Waals surface area contributed by atoms with Gasteiger partial charge in [0.2, 0.25) is 0 Å². The number of nitrogens with one attached hydrogen (secondary N) is 1. The van der Waals surface area contributed by atoms with Gasteiger partial charge in [-0.15, -0.1) is 0 Å². The fourth-order valence-electron chi connectivity index (χ4n) is 2.99. The molecule has 2 aromatic rings. The Balaban J connectivity index is 1.70. The molecule has 0 spiro atoms. The van der Waals surface area contributed by atoms with Crippen LogP contribution in [0, 0.1) is 10.1 Å². The molecule has 0 unspecified atom stereocenters. The van der Waals surface area contributed by atoms with E-state index in [2.05, 4.69) is 15.4 Å². The van der Waals surface area contributed by atoms with Crippen LogP contribution in [0.2, 0.25) is 0 Å². The van der Waals surface area contributed by atoms with Crippen molar-refractivity contribution < 1.29 is 22.5 Å². The molecule has 150 valence electrons. The van der Waals surface area contributed by atoms with Gasteiger partial charge in [0.05, 0.1) is 16.7 Å². The maximum atomic E-state index is 12.7. The second-order valence-corrected chi connectivity index (χ2v) is 6.43. The van der Waals surface area contributed by atoms with Gasteiger partial charge in [-0.05, 0) is 31.0 Å². The number of rotatable bonds is 5. The zero-order chi connectivity index (χ0) is 20.1. The van der Waals surface area contributed by atoms with Gasteiger partial charge in [0, 0.05) is 25.2 Å². The Labute approximate surface area is 159 Å². The number of anilines is 2. The minimum atomic E-state index is -4.66. The highest BCUT2D eigenvalue weighted by atomic mass is 19.4. The molecule has 1 aromatic carbocycles. The summed E-state index contributed by atoms with van der Waals surface area (Å²) in [5.41, 5.74) is 0.456. The van der Waals surface area contributed by atoms with Gasteiger partial charge < -0.3 is 9.32 Å². The van der Waals surface area contributed by atoms with E-state index in [-0.39, 0.29) is 5.69 Å².